The van der Waals surface area contributed by atoms with E-state index in [2.05, 4.69) is 54.2 Å². The van der Waals surface area contributed by atoms with E-state index in [0.29, 0.717) is 0 Å². The van der Waals surface area contributed by atoms with Crippen molar-refractivity contribution >= 4 is 28.7 Å². The summed E-state index contributed by atoms with van der Waals surface area (Å²) < 4.78 is 2.12. The first-order chi connectivity index (χ1) is 6.79. The van der Waals surface area contributed by atoms with Crippen LogP contribution < -0.4 is 23.5 Å². The first-order valence-corrected chi connectivity index (χ1v) is 9.46. The molecule has 0 amide bonds. The molecule has 0 spiro atoms. The summed E-state index contributed by atoms with van der Waals surface area (Å²) in [5.74, 6) is 0. The summed E-state index contributed by atoms with van der Waals surface area (Å²) in [6.45, 7) is 0. The van der Waals surface area contributed by atoms with Crippen LogP contribution in [0.15, 0.2) is 42.6 Å². The second-order valence-corrected chi connectivity index (χ2v) is 5.94. The Kier molecular flexibility index (Phi) is 5.52. The van der Waals surface area contributed by atoms with E-state index in [-0.39, 0.29) is 0 Å². The molecule has 76 valence electrons. The van der Waals surface area contributed by atoms with Crippen molar-refractivity contribution in [2.45, 2.75) is 0 Å². The van der Waals surface area contributed by atoms with Crippen molar-refractivity contribution in [3.63, 3.8) is 0 Å². The van der Waals surface area contributed by atoms with Gasteiger partial charge in [0.15, 0.2) is 6.20 Å². The van der Waals surface area contributed by atoms with Crippen molar-refractivity contribution < 1.29 is 23.5 Å². The van der Waals surface area contributed by atoms with Crippen LogP contribution in [0.1, 0.15) is 0 Å². The number of aromatic nitrogens is 1. The van der Waals surface area contributed by atoms with Crippen LogP contribution in [0, 0.1) is 0 Å². The van der Waals surface area contributed by atoms with Gasteiger partial charge in [0.1, 0.15) is 7.05 Å². The van der Waals surface area contributed by atoms with Gasteiger partial charge < -0.3 is 0 Å². The van der Waals surface area contributed by atoms with Crippen LogP contribution in [0.5, 0.6) is 0 Å². The van der Waals surface area contributed by atoms with E-state index in [1.54, 1.807) is 0 Å². The number of nitrogens with zero attached hydrogens (tertiary/aromatic N) is 1. The van der Waals surface area contributed by atoms with Crippen LogP contribution in [0.3, 0.4) is 0 Å². The fourth-order valence-corrected chi connectivity index (χ4v) is 1.31. The second kappa shape index (κ2) is 6.43. The molecule has 1 heterocycles. The fraction of sp³-hybridized carbons (Fsp3) is 0.100. The van der Waals surface area contributed by atoms with E-state index in [4.69, 9.17) is 17.8 Å². The number of pyridine rings is 1. The Hall–Kier alpha value is -0.0600. The number of hydrogen-bond donors (Lipinski definition) is 0. The summed E-state index contributed by atoms with van der Waals surface area (Å²) in [5, 5.41) is 1.29. The van der Waals surface area contributed by atoms with E-state index in [1.165, 1.54) is 10.9 Å². The van der Waals surface area contributed by atoms with Crippen molar-refractivity contribution in [1.29, 1.82) is 0 Å². The number of halogens is 3. The van der Waals surface area contributed by atoms with Gasteiger partial charge >= 0.3 is 36.8 Å². The van der Waals surface area contributed by atoms with Gasteiger partial charge in [0.2, 0.25) is 5.52 Å². The van der Waals surface area contributed by atoms with Crippen molar-refractivity contribution in [3.8, 4) is 0 Å². The molecule has 0 saturated carbocycles. The van der Waals surface area contributed by atoms with Crippen molar-refractivity contribution in [3.05, 3.63) is 42.6 Å². The molecule has 1 nitrogen and oxygen atoms in total. The van der Waals surface area contributed by atoms with E-state index < -0.39 is 18.9 Å². The number of benzene rings is 1. The van der Waals surface area contributed by atoms with Gasteiger partial charge in [-0.3, -0.25) is 0 Å². The summed E-state index contributed by atoms with van der Waals surface area (Å²) in [5.41, 5.74) is 1.27. The van der Waals surface area contributed by atoms with Crippen LogP contribution in [-0.2, 0) is 7.05 Å². The average Bonchev–Trinajstić information content (AvgIpc) is 2.20. The van der Waals surface area contributed by atoms with Gasteiger partial charge in [-0.15, -0.1) is 0 Å². The molecule has 14 heavy (non-hydrogen) atoms. The zero-order chi connectivity index (χ0) is 10.4. The van der Waals surface area contributed by atoms with Crippen LogP contribution in [0.25, 0.3) is 10.9 Å². The predicted molar refractivity (Wildman–Crippen MR) is 56.8 cm³/mol. The number of para-hydroxylation sites is 1. The number of rotatable bonds is 0. The maximum atomic E-state index is 4.87. The topological polar surface area (TPSA) is 3.88 Å². The van der Waals surface area contributed by atoms with Gasteiger partial charge in [0.25, 0.3) is 0 Å². The van der Waals surface area contributed by atoms with Crippen molar-refractivity contribution in [2.75, 3.05) is 0 Å². The molecule has 0 aliphatic rings. The maximum absolute atomic E-state index is 4.87. The van der Waals surface area contributed by atoms with Gasteiger partial charge in [-0.2, -0.15) is 0 Å². The third-order valence-electron chi connectivity index (χ3n) is 1.90. The number of hydrogen-bond acceptors (Lipinski definition) is 0. The zero-order valence-electron chi connectivity index (χ0n) is 7.62. The molecular formula is C10H10Cl2IN. The normalized spacial score (nSPS) is 9.64. The molecule has 0 aliphatic carbocycles. The molecule has 1 aromatic carbocycles. The van der Waals surface area contributed by atoms with E-state index in [1.807, 2.05) is 0 Å². The van der Waals surface area contributed by atoms with Crippen molar-refractivity contribution in [2.24, 2.45) is 7.05 Å². The first kappa shape index (κ1) is 12.0. The van der Waals surface area contributed by atoms with E-state index in [0.717, 1.165) is 0 Å². The molecule has 0 radical (unpaired) electrons. The van der Waals surface area contributed by atoms with Gasteiger partial charge in [0, 0.05) is 17.5 Å². The van der Waals surface area contributed by atoms with Crippen LogP contribution >= 0.6 is 17.8 Å². The molecule has 0 aliphatic heterocycles. The molecule has 0 fully saturated rings. The third-order valence-corrected chi connectivity index (χ3v) is 1.90. The summed E-state index contributed by atoms with van der Waals surface area (Å²) >= 11 is -0.466. The summed E-state index contributed by atoms with van der Waals surface area (Å²) in [7, 11) is 11.8. The first-order valence-electron chi connectivity index (χ1n) is 4.00. The Bertz CT molecular complexity index is 401. The molecule has 2 aromatic rings. The molecule has 0 atom stereocenters. The molecule has 0 N–H and O–H groups in total. The minimum atomic E-state index is -0.466. The molecule has 0 unspecified atom stereocenters. The molecule has 0 saturated heterocycles. The number of aryl methyl sites for hydroxylation is 1. The Morgan fingerprint density at radius 2 is 1.64 bits per heavy atom. The quantitative estimate of drug-likeness (QED) is 0.471. The van der Waals surface area contributed by atoms with Gasteiger partial charge in [-0.25, -0.2) is 4.57 Å². The minimum absolute atomic E-state index is 0.466. The molecular weight excluding hydrogens is 332 g/mol. The van der Waals surface area contributed by atoms with E-state index in [9.17, 15) is 0 Å². The second-order valence-electron chi connectivity index (χ2n) is 2.73. The molecule has 1 aromatic heterocycles. The third kappa shape index (κ3) is 3.26. The Morgan fingerprint density at radius 1 is 1.07 bits per heavy atom. The Morgan fingerprint density at radius 3 is 2.29 bits per heavy atom. The summed E-state index contributed by atoms with van der Waals surface area (Å²) in [4.78, 5) is 0. The van der Waals surface area contributed by atoms with Crippen LogP contribution in [-0.4, -0.2) is 0 Å². The molecule has 0 bridgehead atoms. The monoisotopic (exact) mass is 341 g/mol. The Balaban J connectivity index is 0.000000293. The van der Waals surface area contributed by atoms with Gasteiger partial charge in [0.05, 0.1) is 0 Å². The van der Waals surface area contributed by atoms with Crippen LogP contribution in [0.4, 0.5) is 0 Å². The summed E-state index contributed by atoms with van der Waals surface area (Å²) in [6, 6.07) is 12.5. The van der Waals surface area contributed by atoms with Crippen LogP contribution in [0.2, 0.25) is 0 Å². The van der Waals surface area contributed by atoms with Crippen molar-refractivity contribution in [1.82, 2.24) is 0 Å². The van der Waals surface area contributed by atoms with E-state index >= 15 is 0 Å². The Labute approximate surface area is 101 Å². The zero-order valence-corrected chi connectivity index (χ0v) is 11.3. The number of fused-ring (bicyclic) bond motifs is 1. The summed E-state index contributed by atoms with van der Waals surface area (Å²) in [6.07, 6.45) is 2.06. The predicted octanol–water partition coefficient (Wildman–Crippen LogP) is 0.0473. The SMILES string of the molecule is C[n+]1cccc2ccccc21.Cl[I-]Cl. The molecule has 4 heteroatoms. The fourth-order valence-electron chi connectivity index (χ4n) is 1.31. The van der Waals surface area contributed by atoms with Gasteiger partial charge in [-0.1, -0.05) is 12.1 Å². The van der Waals surface area contributed by atoms with Gasteiger partial charge in [-0.05, 0) is 12.1 Å². The standard InChI is InChI=1S/C10H10N.Cl2I/c1-11-8-4-6-9-5-2-3-7-10(9)11;1-3-2/h2-8H,1H3;/q+1;-1. The average molecular weight is 342 g/mol. The molecule has 2 rings (SSSR count).